The third-order valence-corrected chi connectivity index (χ3v) is 8.16. The fourth-order valence-corrected chi connectivity index (χ4v) is 5.76. The van der Waals surface area contributed by atoms with Crippen molar-refractivity contribution in [1.29, 1.82) is 0 Å². The number of hydrogen-bond donors (Lipinski definition) is 1. The van der Waals surface area contributed by atoms with Crippen LogP contribution >= 0.6 is 0 Å². The Hall–Kier alpha value is -3.08. The molecule has 0 spiro atoms. The highest BCUT2D eigenvalue weighted by Crippen LogP contribution is 2.32. The molecule has 39 heavy (non-hydrogen) atoms. The number of carbonyl (C=O) groups excluding carboxylic acids is 2. The molecule has 0 unspecified atom stereocenters. The molecule has 0 heterocycles. The average Bonchev–Trinajstić information content (AvgIpc) is 3.39. The van der Waals surface area contributed by atoms with Crippen LogP contribution in [0.5, 0.6) is 0 Å². The fraction of sp³-hybridized carbons (Fsp3) is 0.500. The molecule has 11 heteroatoms. The normalized spacial score (nSPS) is 15.1. The van der Waals surface area contributed by atoms with Gasteiger partial charge in [0.05, 0.1) is 17.5 Å². The molecule has 3 rings (SSSR count). The lowest BCUT2D eigenvalue weighted by molar-refractivity contribution is -0.140. The van der Waals surface area contributed by atoms with E-state index in [-0.39, 0.29) is 42.9 Å². The lowest BCUT2D eigenvalue weighted by Gasteiger charge is -2.30. The molecule has 1 aliphatic rings. The number of nitrogens with one attached hydrogen (secondary N) is 1. The smallest absolute Gasteiger partial charge is 0.352 e. The third kappa shape index (κ3) is 8.98. The van der Waals surface area contributed by atoms with Gasteiger partial charge in [0.2, 0.25) is 21.8 Å². The predicted molar refractivity (Wildman–Crippen MR) is 145 cm³/mol. The van der Waals surface area contributed by atoms with Gasteiger partial charge in [0.1, 0.15) is 6.04 Å². The van der Waals surface area contributed by atoms with E-state index in [1.54, 1.807) is 6.92 Å². The van der Waals surface area contributed by atoms with Crippen LogP contribution in [-0.2, 0) is 32.2 Å². The molecule has 2 aromatic rings. The molecule has 7 nitrogen and oxygen atoms in total. The second-order valence-electron chi connectivity index (χ2n) is 9.98. The number of hydrogen-bond acceptors (Lipinski definition) is 4. The zero-order valence-corrected chi connectivity index (χ0v) is 23.1. The van der Waals surface area contributed by atoms with E-state index in [2.05, 4.69) is 5.32 Å². The van der Waals surface area contributed by atoms with E-state index in [0.29, 0.717) is 13.0 Å². The van der Waals surface area contributed by atoms with E-state index in [4.69, 9.17) is 0 Å². The van der Waals surface area contributed by atoms with Crippen molar-refractivity contribution >= 4 is 27.5 Å². The second kappa shape index (κ2) is 13.3. The first-order valence-electron chi connectivity index (χ1n) is 13.1. The van der Waals surface area contributed by atoms with Gasteiger partial charge in [0.25, 0.3) is 0 Å². The van der Waals surface area contributed by atoms with E-state index in [1.807, 2.05) is 30.3 Å². The molecular weight excluding hydrogens is 531 g/mol. The standard InChI is InChI=1S/C28H36F3N3O4S/c1-21(27(36)32-24-13-6-7-14-24)33(19-17-22-10-4-3-5-11-22)26(35)16-9-18-34(39(2,37)38)25-15-8-12-23(20-25)28(29,30)31/h3-5,8,10-12,15,20-21,24H,6-7,9,13-14,16-19H2,1-2H3,(H,32,36)/t21-/m1/s1. The molecular formula is C28H36F3N3O4S. The summed E-state index contributed by atoms with van der Waals surface area (Å²) in [5, 5.41) is 3.03. The summed E-state index contributed by atoms with van der Waals surface area (Å²) in [5.74, 6) is -0.553. The largest absolute Gasteiger partial charge is 0.416 e. The number of halogens is 3. The molecule has 1 N–H and O–H groups in total. The number of nitrogens with zero attached hydrogens (tertiary/aromatic N) is 2. The Morgan fingerprint density at radius 1 is 1.03 bits per heavy atom. The van der Waals surface area contributed by atoms with Crippen LogP contribution in [0.4, 0.5) is 18.9 Å². The zero-order valence-electron chi connectivity index (χ0n) is 22.3. The molecule has 1 aliphatic carbocycles. The first kappa shape index (κ1) is 30.5. The van der Waals surface area contributed by atoms with Gasteiger partial charge in [0.15, 0.2) is 0 Å². The van der Waals surface area contributed by atoms with E-state index < -0.39 is 27.8 Å². The maximum absolute atomic E-state index is 13.3. The quantitative estimate of drug-likeness (QED) is 0.400. The number of sulfonamides is 1. The lowest BCUT2D eigenvalue weighted by Crippen LogP contribution is -2.50. The maximum Gasteiger partial charge on any atom is 0.416 e. The van der Waals surface area contributed by atoms with Gasteiger partial charge in [0, 0.05) is 25.6 Å². The van der Waals surface area contributed by atoms with Crippen LogP contribution in [0.1, 0.15) is 56.6 Å². The highest BCUT2D eigenvalue weighted by atomic mass is 32.2. The second-order valence-corrected chi connectivity index (χ2v) is 11.9. The Balaban J connectivity index is 1.70. The van der Waals surface area contributed by atoms with Crippen LogP contribution in [0, 0.1) is 0 Å². The summed E-state index contributed by atoms with van der Waals surface area (Å²) in [7, 11) is -3.91. The summed E-state index contributed by atoms with van der Waals surface area (Å²) in [6, 6.07) is 13.0. The Kier molecular flexibility index (Phi) is 10.4. The third-order valence-electron chi connectivity index (χ3n) is 6.97. The van der Waals surface area contributed by atoms with Crippen molar-refractivity contribution < 1.29 is 31.2 Å². The van der Waals surface area contributed by atoms with Crippen molar-refractivity contribution in [3.05, 3.63) is 65.7 Å². The molecule has 1 atom stereocenters. The summed E-state index contributed by atoms with van der Waals surface area (Å²) < 4.78 is 65.3. The molecule has 214 valence electrons. The summed E-state index contributed by atoms with van der Waals surface area (Å²) >= 11 is 0. The zero-order chi connectivity index (χ0) is 28.6. The van der Waals surface area contributed by atoms with Crippen LogP contribution in [-0.4, -0.2) is 56.6 Å². The average molecular weight is 568 g/mol. The van der Waals surface area contributed by atoms with Gasteiger partial charge >= 0.3 is 6.18 Å². The number of anilines is 1. The molecule has 0 aliphatic heterocycles. The summed E-state index contributed by atoms with van der Waals surface area (Å²) in [6.07, 6.45) is 0.757. The van der Waals surface area contributed by atoms with Gasteiger partial charge in [-0.25, -0.2) is 8.42 Å². The topological polar surface area (TPSA) is 86.8 Å². The first-order valence-corrected chi connectivity index (χ1v) is 15.0. The minimum atomic E-state index is -4.62. The van der Waals surface area contributed by atoms with Crippen molar-refractivity contribution in [1.82, 2.24) is 10.2 Å². The van der Waals surface area contributed by atoms with Crippen molar-refractivity contribution in [3.8, 4) is 0 Å². The van der Waals surface area contributed by atoms with Crippen LogP contribution in [0.15, 0.2) is 54.6 Å². The van der Waals surface area contributed by atoms with Crippen molar-refractivity contribution in [2.75, 3.05) is 23.7 Å². The monoisotopic (exact) mass is 567 g/mol. The van der Waals surface area contributed by atoms with Crippen LogP contribution in [0.3, 0.4) is 0 Å². The Morgan fingerprint density at radius 3 is 2.31 bits per heavy atom. The van der Waals surface area contributed by atoms with Gasteiger partial charge in [-0.1, -0.05) is 49.2 Å². The number of rotatable bonds is 12. The minimum Gasteiger partial charge on any atom is -0.352 e. The number of alkyl halides is 3. The van der Waals surface area contributed by atoms with E-state index in [0.717, 1.165) is 60.0 Å². The molecule has 2 amide bonds. The van der Waals surface area contributed by atoms with Gasteiger partial charge in [-0.3, -0.25) is 13.9 Å². The summed E-state index contributed by atoms with van der Waals surface area (Å²) in [4.78, 5) is 27.8. The highest BCUT2D eigenvalue weighted by Gasteiger charge is 2.32. The minimum absolute atomic E-state index is 0.0686. The Morgan fingerprint density at radius 2 is 1.69 bits per heavy atom. The molecule has 0 saturated heterocycles. The van der Waals surface area contributed by atoms with E-state index >= 15 is 0 Å². The van der Waals surface area contributed by atoms with Crippen molar-refractivity contribution in [3.63, 3.8) is 0 Å². The Bertz CT molecular complexity index is 1220. The van der Waals surface area contributed by atoms with Crippen molar-refractivity contribution in [2.24, 2.45) is 0 Å². The van der Waals surface area contributed by atoms with E-state index in [1.165, 1.54) is 11.0 Å². The van der Waals surface area contributed by atoms with E-state index in [9.17, 15) is 31.2 Å². The summed E-state index contributed by atoms with van der Waals surface area (Å²) in [6.45, 7) is 1.80. The number of amides is 2. The van der Waals surface area contributed by atoms with Crippen LogP contribution < -0.4 is 9.62 Å². The Labute approximate surface area is 228 Å². The van der Waals surface area contributed by atoms with Gasteiger partial charge in [-0.15, -0.1) is 0 Å². The van der Waals surface area contributed by atoms with Gasteiger partial charge < -0.3 is 10.2 Å². The fourth-order valence-electron chi connectivity index (χ4n) is 4.80. The SMILES string of the molecule is C[C@H](C(=O)NC1CCCC1)N(CCc1ccccc1)C(=O)CCCN(c1cccc(C(F)(F)F)c1)S(C)(=O)=O. The molecule has 2 aromatic carbocycles. The summed E-state index contributed by atoms with van der Waals surface area (Å²) in [5.41, 5.74) is -0.0737. The lowest BCUT2D eigenvalue weighted by atomic mass is 10.1. The van der Waals surface area contributed by atoms with Gasteiger partial charge in [-0.05, 0) is 56.4 Å². The van der Waals surface area contributed by atoms with Crippen LogP contribution in [0.25, 0.3) is 0 Å². The van der Waals surface area contributed by atoms with Gasteiger partial charge in [-0.2, -0.15) is 13.2 Å². The van der Waals surface area contributed by atoms with Crippen molar-refractivity contribution in [2.45, 2.75) is 70.1 Å². The molecule has 1 fully saturated rings. The first-order chi connectivity index (χ1) is 18.4. The molecule has 1 saturated carbocycles. The molecule has 0 aromatic heterocycles. The van der Waals surface area contributed by atoms with Crippen LogP contribution in [0.2, 0.25) is 0 Å². The molecule has 0 radical (unpaired) electrons. The number of carbonyl (C=O) groups is 2. The highest BCUT2D eigenvalue weighted by molar-refractivity contribution is 7.92. The maximum atomic E-state index is 13.3. The predicted octanol–water partition coefficient (Wildman–Crippen LogP) is 4.77. The number of benzene rings is 2. The molecule has 0 bridgehead atoms.